The lowest BCUT2D eigenvalue weighted by Gasteiger charge is -2.18. The van der Waals surface area contributed by atoms with E-state index in [0.717, 1.165) is 0 Å². The van der Waals surface area contributed by atoms with Crippen LogP contribution < -0.4 is 9.84 Å². The van der Waals surface area contributed by atoms with E-state index >= 15 is 0 Å². The van der Waals surface area contributed by atoms with Crippen LogP contribution in [0, 0.1) is 0 Å². The molecule has 86 valence electrons. The van der Waals surface area contributed by atoms with Crippen LogP contribution >= 0.6 is 11.6 Å². The van der Waals surface area contributed by atoms with E-state index in [1.54, 1.807) is 36.4 Å². The second-order valence-electron chi connectivity index (χ2n) is 3.18. The number of carbonyl (C=O) groups excluding carboxylic acids is 1. The van der Waals surface area contributed by atoms with E-state index in [0.29, 0.717) is 10.8 Å². The molecule has 1 atom stereocenters. The molecule has 0 radical (unpaired) electrons. The number of aliphatic carboxylic acids is 1. The maximum Gasteiger partial charge on any atom is 0.141 e. The summed E-state index contributed by atoms with van der Waals surface area (Å²) >= 11 is 5.70. The highest BCUT2D eigenvalue weighted by atomic mass is 35.5. The average Bonchev–Trinajstić information content (AvgIpc) is 2.26. The van der Waals surface area contributed by atoms with Crippen LogP contribution in [0.1, 0.15) is 13.3 Å². The van der Waals surface area contributed by atoms with Gasteiger partial charge in [-0.05, 0) is 31.2 Å². The number of halogens is 1. The molecule has 0 aromatic heterocycles. The fraction of sp³-hybridized carbons (Fsp3) is 0.250. The first kappa shape index (κ1) is 12.6. The molecule has 0 heterocycles. The molecule has 0 amide bonds. The quantitative estimate of drug-likeness (QED) is 0.737. The molecule has 3 nitrogen and oxygen atoms in total. The Morgan fingerprint density at radius 3 is 2.62 bits per heavy atom. The van der Waals surface area contributed by atoms with E-state index in [1.165, 1.54) is 0 Å². The molecule has 0 spiro atoms. The Bertz CT molecular complexity index is 370. The van der Waals surface area contributed by atoms with Crippen LogP contribution in [0.4, 0.5) is 0 Å². The van der Waals surface area contributed by atoms with Crippen LogP contribution in [0.5, 0.6) is 5.75 Å². The molecule has 0 saturated carbocycles. The van der Waals surface area contributed by atoms with E-state index in [1.807, 2.05) is 6.92 Å². The van der Waals surface area contributed by atoms with Crippen molar-refractivity contribution in [1.29, 1.82) is 0 Å². The zero-order chi connectivity index (χ0) is 12.0. The Labute approximate surface area is 99.3 Å². The second kappa shape index (κ2) is 6.18. The van der Waals surface area contributed by atoms with Crippen LogP contribution in [-0.2, 0) is 4.79 Å². The highest BCUT2D eigenvalue weighted by molar-refractivity contribution is 6.30. The monoisotopic (exact) mass is 239 g/mol. The van der Waals surface area contributed by atoms with Gasteiger partial charge in [-0.2, -0.15) is 0 Å². The first-order valence-electron chi connectivity index (χ1n) is 4.87. The summed E-state index contributed by atoms with van der Waals surface area (Å²) in [4.78, 5) is 10.8. The summed E-state index contributed by atoms with van der Waals surface area (Å²) in [5.41, 5.74) is 0. The first-order valence-corrected chi connectivity index (χ1v) is 5.25. The standard InChI is InChI=1S/C12H13ClO3/c1-2-3-4-11(12(14)15)16-10-7-5-9(13)6-8-10/h2-3,5-8,11H,4H2,1H3,(H,14,15)/p-1. The topological polar surface area (TPSA) is 49.4 Å². The van der Waals surface area contributed by atoms with Crippen molar-refractivity contribution in [3.8, 4) is 5.75 Å². The third-order valence-electron chi connectivity index (χ3n) is 1.94. The highest BCUT2D eigenvalue weighted by Gasteiger charge is 2.09. The van der Waals surface area contributed by atoms with Gasteiger partial charge in [0.25, 0.3) is 0 Å². The first-order chi connectivity index (χ1) is 7.63. The fourth-order valence-electron chi connectivity index (χ4n) is 1.13. The number of hydrogen-bond acceptors (Lipinski definition) is 3. The average molecular weight is 240 g/mol. The largest absolute Gasteiger partial charge is 0.546 e. The van der Waals surface area contributed by atoms with Crippen molar-refractivity contribution >= 4 is 17.6 Å². The summed E-state index contributed by atoms with van der Waals surface area (Å²) in [6.07, 6.45) is 2.79. The lowest BCUT2D eigenvalue weighted by molar-refractivity contribution is -0.313. The lowest BCUT2D eigenvalue weighted by atomic mass is 10.2. The minimum atomic E-state index is -1.23. The Hall–Kier alpha value is -1.48. The Balaban J connectivity index is 2.67. The molecule has 0 N–H and O–H groups in total. The minimum absolute atomic E-state index is 0.279. The third-order valence-corrected chi connectivity index (χ3v) is 2.19. The van der Waals surface area contributed by atoms with Crippen LogP contribution in [-0.4, -0.2) is 12.1 Å². The predicted octanol–water partition coefficient (Wildman–Crippen LogP) is 1.80. The summed E-state index contributed by atoms with van der Waals surface area (Å²) in [5.74, 6) is -0.767. The molecule has 0 fully saturated rings. The number of carbonyl (C=O) groups is 1. The number of benzene rings is 1. The van der Waals surface area contributed by atoms with Crippen molar-refractivity contribution in [1.82, 2.24) is 0 Å². The molecule has 0 saturated heterocycles. The summed E-state index contributed by atoms with van der Waals surface area (Å²) in [6, 6.07) is 6.51. The van der Waals surface area contributed by atoms with E-state index in [4.69, 9.17) is 16.3 Å². The van der Waals surface area contributed by atoms with Crippen molar-refractivity contribution in [3.05, 3.63) is 41.4 Å². The summed E-state index contributed by atoms with van der Waals surface area (Å²) in [6.45, 7) is 1.81. The Morgan fingerprint density at radius 1 is 1.50 bits per heavy atom. The van der Waals surface area contributed by atoms with Gasteiger partial charge in [0, 0.05) is 11.4 Å². The van der Waals surface area contributed by atoms with Gasteiger partial charge in [-0.3, -0.25) is 0 Å². The van der Waals surface area contributed by atoms with Gasteiger partial charge in [0.2, 0.25) is 0 Å². The van der Waals surface area contributed by atoms with Gasteiger partial charge >= 0.3 is 0 Å². The maximum atomic E-state index is 10.8. The van der Waals surface area contributed by atoms with Gasteiger partial charge in [0.15, 0.2) is 0 Å². The lowest BCUT2D eigenvalue weighted by Crippen LogP contribution is -2.39. The second-order valence-corrected chi connectivity index (χ2v) is 3.62. The smallest absolute Gasteiger partial charge is 0.141 e. The minimum Gasteiger partial charge on any atom is -0.546 e. The van der Waals surface area contributed by atoms with Crippen molar-refractivity contribution < 1.29 is 14.6 Å². The number of ether oxygens (including phenoxy) is 1. The van der Waals surface area contributed by atoms with Crippen LogP contribution in [0.15, 0.2) is 36.4 Å². The van der Waals surface area contributed by atoms with Gasteiger partial charge in [0.05, 0.1) is 5.97 Å². The Morgan fingerprint density at radius 2 is 2.12 bits per heavy atom. The van der Waals surface area contributed by atoms with Crippen molar-refractivity contribution in [2.75, 3.05) is 0 Å². The number of rotatable bonds is 5. The number of allylic oxidation sites excluding steroid dienone is 1. The predicted molar refractivity (Wildman–Crippen MR) is 60.3 cm³/mol. The van der Waals surface area contributed by atoms with Crippen LogP contribution in [0.25, 0.3) is 0 Å². The molecule has 1 rings (SSSR count). The molecule has 0 bridgehead atoms. The van der Waals surface area contributed by atoms with Crippen LogP contribution in [0.3, 0.4) is 0 Å². The highest BCUT2D eigenvalue weighted by Crippen LogP contribution is 2.17. The molecule has 1 aromatic carbocycles. The van der Waals surface area contributed by atoms with Crippen molar-refractivity contribution in [2.24, 2.45) is 0 Å². The van der Waals surface area contributed by atoms with Crippen LogP contribution in [0.2, 0.25) is 5.02 Å². The Kier molecular flexibility index (Phi) is 4.86. The zero-order valence-electron chi connectivity index (χ0n) is 8.85. The number of hydrogen-bond donors (Lipinski definition) is 0. The molecular weight excluding hydrogens is 228 g/mol. The van der Waals surface area contributed by atoms with Gasteiger partial charge in [-0.15, -0.1) is 0 Å². The molecule has 4 heteroatoms. The van der Waals surface area contributed by atoms with Gasteiger partial charge in [0.1, 0.15) is 11.9 Å². The molecule has 0 aliphatic carbocycles. The molecule has 0 aliphatic rings. The van der Waals surface area contributed by atoms with Gasteiger partial charge in [-0.1, -0.05) is 23.8 Å². The number of carboxylic acid groups (broad SMARTS) is 1. The van der Waals surface area contributed by atoms with E-state index < -0.39 is 12.1 Å². The molecule has 0 aliphatic heterocycles. The maximum absolute atomic E-state index is 10.8. The summed E-state index contributed by atoms with van der Waals surface area (Å²) < 4.78 is 5.26. The number of carboxylic acids is 1. The van der Waals surface area contributed by atoms with Gasteiger partial charge in [-0.25, -0.2) is 0 Å². The summed E-state index contributed by atoms with van der Waals surface area (Å²) in [7, 11) is 0. The van der Waals surface area contributed by atoms with Crippen molar-refractivity contribution in [2.45, 2.75) is 19.4 Å². The molecule has 16 heavy (non-hydrogen) atoms. The normalized spacial score (nSPS) is 12.6. The van der Waals surface area contributed by atoms with Crippen molar-refractivity contribution in [3.63, 3.8) is 0 Å². The molecule has 1 aromatic rings. The fourth-order valence-corrected chi connectivity index (χ4v) is 1.26. The summed E-state index contributed by atoms with van der Waals surface area (Å²) in [5, 5.41) is 11.4. The van der Waals surface area contributed by atoms with Gasteiger partial charge < -0.3 is 14.6 Å². The van der Waals surface area contributed by atoms with E-state index in [9.17, 15) is 9.90 Å². The SMILES string of the molecule is CC=CCC(Oc1ccc(Cl)cc1)C(=O)[O-]. The van der Waals surface area contributed by atoms with E-state index in [2.05, 4.69) is 0 Å². The third kappa shape index (κ3) is 3.95. The molecular formula is C12H12ClO3-. The molecule has 1 unspecified atom stereocenters. The zero-order valence-corrected chi connectivity index (χ0v) is 9.61. The van der Waals surface area contributed by atoms with E-state index in [-0.39, 0.29) is 6.42 Å².